The first kappa shape index (κ1) is 13.4. The third kappa shape index (κ3) is 3.25. The van der Waals surface area contributed by atoms with Crippen LogP contribution >= 0.6 is 0 Å². The minimum atomic E-state index is 0.324. The van der Waals surface area contributed by atoms with Crippen molar-refractivity contribution in [2.24, 2.45) is 0 Å². The highest BCUT2D eigenvalue weighted by Gasteiger charge is 2.06. The second-order valence-corrected chi connectivity index (χ2v) is 4.88. The molecule has 0 spiro atoms. The number of aryl methyl sites for hydroxylation is 1. The number of benzene rings is 1. The molecule has 3 heteroatoms. The third-order valence-electron chi connectivity index (χ3n) is 3.04. The van der Waals surface area contributed by atoms with E-state index in [9.17, 15) is 4.79 Å². The summed E-state index contributed by atoms with van der Waals surface area (Å²) < 4.78 is 10.9. The lowest BCUT2D eigenvalue weighted by molar-refractivity contribution is 0.109. The summed E-state index contributed by atoms with van der Waals surface area (Å²) in [6, 6.07) is 9.47. The van der Waals surface area contributed by atoms with Crippen molar-refractivity contribution in [1.29, 1.82) is 0 Å². The second kappa shape index (κ2) is 5.74. The molecule has 0 aliphatic carbocycles. The normalized spacial score (nSPS) is 10.7. The topological polar surface area (TPSA) is 39.4 Å². The molecule has 1 aromatic heterocycles. The Bertz CT molecular complexity index is 567. The molecular formula is C16H18O3. The van der Waals surface area contributed by atoms with Crippen molar-refractivity contribution in [1.82, 2.24) is 0 Å². The van der Waals surface area contributed by atoms with Gasteiger partial charge in [-0.2, -0.15) is 0 Å². The van der Waals surface area contributed by atoms with Crippen molar-refractivity contribution in [2.75, 3.05) is 0 Å². The van der Waals surface area contributed by atoms with Crippen molar-refractivity contribution < 1.29 is 13.9 Å². The van der Waals surface area contributed by atoms with Crippen LogP contribution < -0.4 is 4.74 Å². The second-order valence-electron chi connectivity index (χ2n) is 4.88. The maximum Gasteiger partial charge on any atom is 0.185 e. The average molecular weight is 258 g/mol. The van der Waals surface area contributed by atoms with Crippen LogP contribution in [0.1, 0.15) is 47.2 Å². The summed E-state index contributed by atoms with van der Waals surface area (Å²) in [7, 11) is 0. The van der Waals surface area contributed by atoms with E-state index >= 15 is 0 Å². The van der Waals surface area contributed by atoms with E-state index in [0.717, 1.165) is 5.75 Å². The molecule has 0 atom stereocenters. The van der Waals surface area contributed by atoms with Crippen LogP contribution in [0, 0.1) is 6.92 Å². The maximum absolute atomic E-state index is 10.5. The van der Waals surface area contributed by atoms with Crippen molar-refractivity contribution in [3.8, 4) is 5.75 Å². The van der Waals surface area contributed by atoms with E-state index in [4.69, 9.17) is 9.15 Å². The fraction of sp³-hybridized carbons (Fsp3) is 0.312. The van der Waals surface area contributed by atoms with E-state index in [1.165, 1.54) is 11.1 Å². The molecule has 1 aromatic carbocycles. The number of carbonyl (C=O) groups excluding carboxylic acids is 1. The molecule has 100 valence electrons. The van der Waals surface area contributed by atoms with Gasteiger partial charge in [0.05, 0.1) is 0 Å². The summed E-state index contributed by atoms with van der Waals surface area (Å²) in [5, 5.41) is 0. The van der Waals surface area contributed by atoms with E-state index in [-0.39, 0.29) is 0 Å². The zero-order chi connectivity index (χ0) is 13.8. The molecule has 19 heavy (non-hydrogen) atoms. The fourth-order valence-corrected chi connectivity index (χ4v) is 2.08. The lowest BCUT2D eigenvalue weighted by atomic mass is 9.98. The van der Waals surface area contributed by atoms with Gasteiger partial charge in [-0.3, -0.25) is 4.79 Å². The standard InChI is InChI=1S/C16H18O3/c1-11(2)16-7-6-13(8-12(16)3)18-10-15-5-4-14(9-17)19-15/h4-9,11H,10H2,1-3H3. The molecule has 0 N–H and O–H groups in total. The van der Waals surface area contributed by atoms with Crippen LogP contribution in [-0.2, 0) is 6.61 Å². The van der Waals surface area contributed by atoms with Gasteiger partial charge in [0.15, 0.2) is 12.0 Å². The Morgan fingerprint density at radius 2 is 2.05 bits per heavy atom. The first-order chi connectivity index (χ1) is 9.10. The smallest absolute Gasteiger partial charge is 0.185 e. The van der Waals surface area contributed by atoms with Gasteiger partial charge in [-0.1, -0.05) is 19.9 Å². The van der Waals surface area contributed by atoms with Crippen molar-refractivity contribution >= 4 is 6.29 Å². The summed E-state index contributed by atoms with van der Waals surface area (Å²) in [6.07, 6.45) is 0.686. The third-order valence-corrected chi connectivity index (χ3v) is 3.04. The van der Waals surface area contributed by atoms with Crippen molar-refractivity contribution in [3.05, 3.63) is 53.0 Å². The van der Waals surface area contributed by atoms with Gasteiger partial charge in [0.25, 0.3) is 0 Å². The molecule has 0 unspecified atom stereocenters. The number of ether oxygens (including phenoxy) is 1. The summed E-state index contributed by atoms with van der Waals surface area (Å²) in [5.41, 5.74) is 2.55. The monoisotopic (exact) mass is 258 g/mol. The number of hydrogen-bond donors (Lipinski definition) is 0. The van der Waals surface area contributed by atoms with Crippen LogP contribution in [0.4, 0.5) is 0 Å². The van der Waals surface area contributed by atoms with Crippen LogP contribution in [0.5, 0.6) is 5.75 Å². The summed E-state index contributed by atoms with van der Waals surface area (Å²) >= 11 is 0. The fourth-order valence-electron chi connectivity index (χ4n) is 2.08. The molecule has 0 fully saturated rings. The number of furan rings is 1. The Hall–Kier alpha value is -2.03. The molecule has 0 aliphatic heterocycles. The van der Waals surface area contributed by atoms with Crippen LogP contribution in [-0.4, -0.2) is 6.29 Å². The molecule has 3 nitrogen and oxygen atoms in total. The van der Waals surface area contributed by atoms with E-state index in [2.05, 4.69) is 26.8 Å². The predicted molar refractivity (Wildman–Crippen MR) is 73.7 cm³/mol. The Balaban J connectivity index is 2.03. The van der Waals surface area contributed by atoms with Gasteiger partial charge in [-0.25, -0.2) is 0 Å². The predicted octanol–water partition coefficient (Wildman–Crippen LogP) is 4.10. The molecule has 0 radical (unpaired) electrons. The molecule has 0 saturated heterocycles. The quantitative estimate of drug-likeness (QED) is 0.758. The summed E-state index contributed by atoms with van der Waals surface area (Å²) in [5.74, 6) is 2.29. The van der Waals surface area contributed by atoms with E-state index in [1.807, 2.05) is 12.1 Å². The molecule has 2 aromatic rings. The van der Waals surface area contributed by atoms with Gasteiger partial charge in [0.1, 0.15) is 18.1 Å². The molecule has 0 aliphatic rings. The lowest BCUT2D eigenvalue weighted by Crippen LogP contribution is -1.96. The SMILES string of the molecule is Cc1cc(OCc2ccc(C=O)o2)ccc1C(C)C. The van der Waals surface area contributed by atoms with Gasteiger partial charge < -0.3 is 9.15 Å². The van der Waals surface area contributed by atoms with Crippen molar-refractivity contribution in [3.63, 3.8) is 0 Å². The van der Waals surface area contributed by atoms with Gasteiger partial charge in [-0.05, 0) is 48.2 Å². The van der Waals surface area contributed by atoms with E-state index in [1.54, 1.807) is 12.1 Å². The molecule has 0 bridgehead atoms. The summed E-state index contributed by atoms with van der Waals surface area (Å²) in [6.45, 7) is 6.76. The Morgan fingerprint density at radius 1 is 1.26 bits per heavy atom. The minimum absolute atomic E-state index is 0.324. The van der Waals surface area contributed by atoms with E-state index < -0.39 is 0 Å². The Labute approximate surface area is 113 Å². The highest BCUT2D eigenvalue weighted by Crippen LogP contribution is 2.24. The minimum Gasteiger partial charge on any atom is -0.486 e. The van der Waals surface area contributed by atoms with E-state index in [0.29, 0.717) is 30.3 Å². The van der Waals surface area contributed by atoms with Crippen LogP contribution in [0.15, 0.2) is 34.7 Å². The maximum atomic E-state index is 10.5. The molecule has 1 heterocycles. The number of carbonyl (C=O) groups is 1. The molecule has 0 amide bonds. The van der Waals surface area contributed by atoms with Gasteiger partial charge in [-0.15, -0.1) is 0 Å². The zero-order valence-electron chi connectivity index (χ0n) is 11.5. The van der Waals surface area contributed by atoms with Gasteiger partial charge >= 0.3 is 0 Å². The van der Waals surface area contributed by atoms with Crippen LogP contribution in [0.3, 0.4) is 0 Å². The molecule has 2 rings (SSSR count). The largest absolute Gasteiger partial charge is 0.486 e. The van der Waals surface area contributed by atoms with Crippen LogP contribution in [0.2, 0.25) is 0 Å². The summed E-state index contributed by atoms with van der Waals surface area (Å²) in [4.78, 5) is 10.5. The van der Waals surface area contributed by atoms with Crippen LogP contribution in [0.25, 0.3) is 0 Å². The highest BCUT2D eigenvalue weighted by atomic mass is 16.5. The Morgan fingerprint density at radius 3 is 2.63 bits per heavy atom. The Kier molecular flexibility index (Phi) is 4.05. The number of rotatable bonds is 5. The number of hydrogen-bond acceptors (Lipinski definition) is 3. The number of aldehydes is 1. The van der Waals surface area contributed by atoms with Gasteiger partial charge in [0.2, 0.25) is 0 Å². The lowest BCUT2D eigenvalue weighted by Gasteiger charge is -2.11. The molecular weight excluding hydrogens is 240 g/mol. The first-order valence-electron chi connectivity index (χ1n) is 6.37. The highest BCUT2D eigenvalue weighted by molar-refractivity contribution is 5.70. The van der Waals surface area contributed by atoms with Crippen molar-refractivity contribution in [2.45, 2.75) is 33.3 Å². The zero-order valence-corrected chi connectivity index (χ0v) is 11.5. The average Bonchev–Trinajstić information content (AvgIpc) is 2.84. The first-order valence-corrected chi connectivity index (χ1v) is 6.37. The van der Waals surface area contributed by atoms with Gasteiger partial charge in [0, 0.05) is 0 Å². The molecule has 0 saturated carbocycles.